The largest absolute Gasteiger partial charge is 0.495 e. The van der Waals surface area contributed by atoms with Crippen LogP contribution < -0.4 is 14.9 Å². The first-order valence-electron chi connectivity index (χ1n) is 7.16. The second-order valence-electron chi connectivity index (χ2n) is 4.70. The lowest BCUT2D eigenvalue weighted by Gasteiger charge is -2.12. The van der Waals surface area contributed by atoms with Crippen molar-refractivity contribution in [3.8, 4) is 5.75 Å². The van der Waals surface area contributed by atoms with Gasteiger partial charge in [0.1, 0.15) is 5.75 Å². The van der Waals surface area contributed by atoms with Crippen LogP contribution in [0, 0.1) is 0 Å². The van der Waals surface area contributed by atoms with Gasteiger partial charge in [0.25, 0.3) is 15.9 Å². The van der Waals surface area contributed by atoms with Gasteiger partial charge >= 0.3 is 0 Å². The van der Waals surface area contributed by atoms with Crippen molar-refractivity contribution in [1.82, 2.24) is 5.48 Å². The maximum Gasteiger partial charge on any atom is 0.274 e. The molecule has 2 N–H and O–H groups in total. The van der Waals surface area contributed by atoms with Crippen LogP contribution in [0.15, 0.2) is 53.4 Å². The van der Waals surface area contributed by atoms with Gasteiger partial charge in [0.2, 0.25) is 0 Å². The van der Waals surface area contributed by atoms with E-state index in [1.807, 2.05) is 0 Å². The van der Waals surface area contributed by atoms with Gasteiger partial charge in [-0.3, -0.25) is 14.4 Å². The van der Waals surface area contributed by atoms with Gasteiger partial charge in [-0.05, 0) is 37.3 Å². The lowest BCUT2D eigenvalue weighted by Crippen LogP contribution is -2.24. The summed E-state index contributed by atoms with van der Waals surface area (Å²) in [5.41, 5.74) is 2.70. The number of sulfonamides is 1. The van der Waals surface area contributed by atoms with E-state index in [9.17, 15) is 13.2 Å². The predicted molar refractivity (Wildman–Crippen MR) is 89.3 cm³/mol. The predicted octanol–water partition coefficient (Wildman–Crippen LogP) is 2.18. The number of carbonyl (C=O) groups excluding carboxylic acids is 1. The number of hydrogen-bond donors (Lipinski definition) is 2. The molecule has 0 aliphatic heterocycles. The monoisotopic (exact) mass is 350 g/mol. The summed E-state index contributed by atoms with van der Waals surface area (Å²) < 4.78 is 32.6. The van der Waals surface area contributed by atoms with Crippen LogP contribution in [0.3, 0.4) is 0 Å². The number of nitrogens with one attached hydrogen (secondary N) is 2. The molecule has 0 bridgehead atoms. The SMILES string of the molecule is CCONC(=O)c1cccc(S(=O)(=O)Nc2ccccc2OC)c1. The van der Waals surface area contributed by atoms with Gasteiger partial charge < -0.3 is 4.74 Å². The zero-order chi connectivity index (χ0) is 17.6. The highest BCUT2D eigenvalue weighted by atomic mass is 32.2. The number of methoxy groups -OCH3 is 1. The molecule has 0 saturated carbocycles. The molecular weight excluding hydrogens is 332 g/mol. The second-order valence-corrected chi connectivity index (χ2v) is 6.38. The van der Waals surface area contributed by atoms with E-state index >= 15 is 0 Å². The minimum absolute atomic E-state index is 0.0439. The van der Waals surface area contributed by atoms with E-state index in [1.54, 1.807) is 31.2 Å². The Hall–Kier alpha value is -2.58. The van der Waals surface area contributed by atoms with Gasteiger partial charge in [-0.1, -0.05) is 18.2 Å². The number of amides is 1. The molecule has 0 fully saturated rings. The third-order valence-corrected chi connectivity index (χ3v) is 4.43. The molecule has 0 saturated heterocycles. The summed E-state index contributed by atoms with van der Waals surface area (Å²) in [6.45, 7) is 2.03. The van der Waals surface area contributed by atoms with Crippen molar-refractivity contribution in [3.63, 3.8) is 0 Å². The van der Waals surface area contributed by atoms with Crippen LogP contribution in [-0.4, -0.2) is 28.0 Å². The molecule has 0 aliphatic rings. The van der Waals surface area contributed by atoms with Crippen molar-refractivity contribution in [2.24, 2.45) is 0 Å². The fourth-order valence-corrected chi connectivity index (χ4v) is 3.05. The van der Waals surface area contributed by atoms with Crippen molar-refractivity contribution in [1.29, 1.82) is 0 Å². The first kappa shape index (κ1) is 17.8. The Morgan fingerprint density at radius 1 is 1.12 bits per heavy atom. The zero-order valence-electron chi connectivity index (χ0n) is 13.3. The van der Waals surface area contributed by atoms with Crippen molar-refractivity contribution in [2.75, 3.05) is 18.4 Å². The maximum atomic E-state index is 12.5. The molecular formula is C16H18N2O5S. The Labute approximate surface area is 140 Å². The van der Waals surface area contributed by atoms with E-state index in [2.05, 4.69) is 10.2 Å². The highest BCUT2D eigenvalue weighted by Crippen LogP contribution is 2.26. The summed E-state index contributed by atoms with van der Waals surface area (Å²) in [5, 5.41) is 0. The van der Waals surface area contributed by atoms with E-state index in [0.717, 1.165) is 0 Å². The van der Waals surface area contributed by atoms with Crippen LogP contribution in [0.2, 0.25) is 0 Å². The summed E-state index contributed by atoms with van der Waals surface area (Å²) in [6.07, 6.45) is 0. The van der Waals surface area contributed by atoms with E-state index in [4.69, 9.17) is 9.57 Å². The summed E-state index contributed by atoms with van der Waals surface area (Å²) >= 11 is 0. The van der Waals surface area contributed by atoms with Gasteiger partial charge in [0, 0.05) is 5.56 Å². The Bertz CT molecular complexity index is 821. The molecule has 0 aromatic heterocycles. The average molecular weight is 350 g/mol. The van der Waals surface area contributed by atoms with Crippen molar-refractivity contribution in [2.45, 2.75) is 11.8 Å². The van der Waals surface area contributed by atoms with Gasteiger partial charge in [0.05, 0.1) is 24.3 Å². The first-order chi connectivity index (χ1) is 11.5. The maximum absolute atomic E-state index is 12.5. The molecule has 2 aromatic carbocycles. The molecule has 0 unspecified atom stereocenters. The number of anilines is 1. The first-order valence-corrected chi connectivity index (χ1v) is 8.64. The molecule has 0 radical (unpaired) electrons. The van der Waals surface area contributed by atoms with Gasteiger partial charge in [-0.25, -0.2) is 13.9 Å². The second kappa shape index (κ2) is 7.80. The van der Waals surface area contributed by atoms with Gasteiger partial charge in [0.15, 0.2) is 0 Å². The molecule has 0 heterocycles. The summed E-state index contributed by atoms with van der Waals surface area (Å²) in [4.78, 5) is 16.6. The quantitative estimate of drug-likeness (QED) is 0.747. The minimum atomic E-state index is -3.87. The Balaban J connectivity index is 2.28. The molecule has 1 amide bonds. The molecule has 0 atom stereocenters. The molecule has 7 nitrogen and oxygen atoms in total. The highest BCUT2D eigenvalue weighted by molar-refractivity contribution is 7.92. The minimum Gasteiger partial charge on any atom is -0.495 e. The molecule has 0 spiro atoms. The topological polar surface area (TPSA) is 93.7 Å². The van der Waals surface area contributed by atoms with Crippen LogP contribution in [0.1, 0.15) is 17.3 Å². The number of rotatable bonds is 7. The Morgan fingerprint density at radius 2 is 1.88 bits per heavy atom. The van der Waals surface area contributed by atoms with Crippen molar-refractivity contribution < 1.29 is 22.8 Å². The zero-order valence-corrected chi connectivity index (χ0v) is 14.1. The molecule has 2 aromatic rings. The Kier molecular flexibility index (Phi) is 5.78. The standard InChI is InChI=1S/C16H18N2O5S/c1-3-23-17-16(19)12-7-6-8-13(11-12)24(20,21)18-14-9-4-5-10-15(14)22-2/h4-11,18H,3H2,1-2H3,(H,17,19). The number of para-hydroxylation sites is 2. The molecule has 2 rings (SSSR count). The number of hydrogen-bond acceptors (Lipinski definition) is 5. The van der Waals surface area contributed by atoms with E-state index in [0.29, 0.717) is 18.0 Å². The van der Waals surface area contributed by atoms with Crippen LogP contribution in [0.25, 0.3) is 0 Å². The smallest absolute Gasteiger partial charge is 0.274 e. The normalized spacial score (nSPS) is 10.9. The fourth-order valence-electron chi connectivity index (χ4n) is 1.93. The van der Waals surface area contributed by atoms with Crippen molar-refractivity contribution >= 4 is 21.6 Å². The summed E-state index contributed by atoms with van der Waals surface area (Å²) in [6, 6.07) is 12.3. The lowest BCUT2D eigenvalue weighted by atomic mass is 10.2. The van der Waals surface area contributed by atoms with Gasteiger partial charge in [-0.15, -0.1) is 0 Å². The molecule has 8 heteroatoms. The van der Waals surface area contributed by atoms with Crippen molar-refractivity contribution in [3.05, 3.63) is 54.1 Å². The summed E-state index contributed by atoms with van der Waals surface area (Å²) in [5.74, 6) is -0.127. The average Bonchev–Trinajstić information content (AvgIpc) is 2.60. The third-order valence-electron chi connectivity index (χ3n) is 3.07. The van der Waals surface area contributed by atoms with E-state index < -0.39 is 15.9 Å². The number of hydroxylamine groups is 1. The van der Waals surface area contributed by atoms with Crippen LogP contribution >= 0.6 is 0 Å². The number of carbonyl (C=O) groups is 1. The van der Waals surface area contributed by atoms with Crippen LogP contribution in [0.5, 0.6) is 5.75 Å². The highest BCUT2D eigenvalue weighted by Gasteiger charge is 2.18. The van der Waals surface area contributed by atoms with Crippen LogP contribution in [0.4, 0.5) is 5.69 Å². The molecule has 24 heavy (non-hydrogen) atoms. The lowest BCUT2D eigenvalue weighted by molar-refractivity contribution is 0.0364. The number of benzene rings is 2. The number of ether oxygens (including phenoxy) is 1. The molecule has 0 aliphatic carbocycles. The van der Waals surface area contributed by atoms with Crippen LogP contribution in [-0.2, 0) is 14.9 Å². The fraction of sp³-hybridized carbons (Fsp3) is 0.188. The molecule has 128 valence electrons. The van der Waals surface area contributed by atoms with E-state index in [-0.39, 0.29) is 10.5 Å². The van der Waals surface area contributed by atoms with Gasteiger partial charge in [-0.2, -0.15) is 0 Å². The third kappa shape index (κ3) is 4.24. The Morgan fingerprint density at radius 3 is 2.58 bits per heavy atom. The summed E-state index contributed by atoms with van der Waals surface area (Å²) in [7, 11) is -2.42. The van der Waals surface area contributed by atoms with E-state index in [1.165, 1.54) is 31.4 Å².